The van der Waals surface area contributed by atoms with Crippen LogP contribution in [0.15, 0.2) is 48.7 Å². The summed E-state index contributed by atoms with van der Waals surface area (Å²) in [5.74, 6) is -5.08. The molecule has 0 saturated heterocycles. The molecule has 1 aromatic heterocycles. The summed E-state index contributed by atoms with van der Waals surface area (Å²) in [6.07, 6.45) is 1.76. The molecule has 1 aromatic carbocycles. The van der Waals surface area contributed by atoms with Gasteiger partial charge in [0, 0.05) is 17.6 Å². The fourth-order valence-corrected chi connectivity index (χ4v) is 3.10. The van der Waals surface area contributed by atoms with Crippen molar-refractivity contribution in [2.45, 2.75) is 46.1 Å². The van der Waals surface area contributed by atoms with Gasteiger partial charge in [0.25, 0.3) is 0 Å². The molecule has 0 aliphatic carbocycles. The highest BCUT2D eigenvalue weighted by molar-refractivity contribution is 6.01. The molecule has 162 valence electrons. The van der Waals surface area contributed by atoms with Crippen molar-refractivity contribution in [2.24, 2.45) is 5.92 Å². The zero-order valence-corrected chi connectivity index (χ0v) is 18.1. The van der Waals surface area contributed by atoms with Crippen LogP contribution in [-0.4, -0.2) is 41.3 Å². The fourth-order valence-electron chi connectivity index (χ4n) is 3.10. The Hall–Kier alpha value is -3.09. The van der Waals surface area contributed by atoms with Crippen LogP contribution in [-0.2, 0) is 28.6 Å². The molecule has 7 nitrogen and oxygen atoms in total. The summed E-state index contributed by atoms with van der Waals surface area (Å²) in [5.41, 5.74) is 0.395. The lowest BCUT2D eigenvalue weighted by molar-refractivity contribution is -0.172. The molecule has 0 radical (unpaired) electrons. The number of rotatable bonds is 8. The van der Waals surface area contributed by atoms with Crippen molar-refractivity contribution in [1.29, 1.82) is 0 Å². The molecule has 2 rings (SSSR count). The number of para-hydroxylation sites is 1. The molecule has 1 atom stereocenters. The molecule has 0 aliphatic rings. The average molecular weight is 415 g/mol. The fraction of sp³-hybridized carbons (Fsp3) is 0.435. The van der Waals surface area contributed by atoms with E-state index in [9.17, 15) is 14.4 Å². The van der Waals surface area contributed by atoms with E-state index in [0.29, 0.717) is 5.69 Å². The van der Waals surface area contributed by atoms with E-state index in [4.69, 9.17) is 14.2 Å². The molecule has 0 aliphatic heterocycles. The maximum absolute atomic E-state index is 13.2. The van der Waals surface area contributed by atoms with Crippen LogP contribution in [0, 0.1) is 5.92 Å². The highest BCUT2D eigenvalue weighted by Gasteiger charge is 2.46. The quantitative estimate of drug-likeness (QED) is 0.372. The summed E-state index contributed by atoms with van der Waals surface area (Å²) < 4.78 is 17.6. The number of benzene rings is 1. The maximum Gasteiger partial charge on any atom is 0.321 e. The van der Waals surface area contributed by atoms with Crippen LogP contribution in [0.3, 0.4) is 0 Å². The minimum absolute atomic E-state index is 0.0650. The Morgan fingerprint density at radius 3 is 1.93 bits per heavy atom. The highest BCUT2D eigenvalue weighted by Crippen LogP contribution is 2.32. The van der Waals surface area contributed by atoms with E-state index >= 15 is 0 Å². The van der Waals surface area contributed by atoms with Crippen molar-refractivity contribution in [3.05, 3.63) is 54.4 Å². The van der Waals surface area contributed by atoms with Gasteiger partial charge < -0.3 is 18.8 Å². The second-order valence-electron chi connectivity index (χ2n) is 7.63. The number of nitrogens with zero attached hydrogens (tertiary/aromatic N) is 1. The normalized spacial score (nSPS) is 12.3. The number of hydrogen-bond acceptors (Lipinski definition) is 6. The van der Waals surface area contributed by atoms with Crippen LogP contribution < -0.4 is 0 Å². The lowest BCUT2D eigenvalue weighted by atomic mass is 9.88. The van der Waals surface area contributed by atoms with Gasteiger partial charge >= 0.3 is 17.9 Å². The predicted octanol–water partition coefficient (Wildman–Crippen LogP) is 3.65. The lowest BCUT2D eigenvalue weighted by Gasteiger charge is -2.28. The smallest absolute Gasteiger partial charge is 0.321 e. The van der Waals surface area contributed by atoms with Crippen LogP contribution >= 0.6 is 0 Å². The summed E-state index contributed by atoms with van der Waals surface area (Å²) in [4.78, 5) is 38.8. The number of hydrogen-bond donors (Lipinski definition) is 0. The Bertz CT molecular complexity index is 847. The monoisotopic (exact) mass is 415 g/mol. The van der Waals surface area contributed by atoms with Gasteiger partial charge in [-0.25, -0.2) is 0 Å². The molecule has 0 bridgehead atoms. The van der Waals surface area contributed by atoms with E-state index in [1.54, 1.807) is 57.5 Å². The summed E-state index contributed by atoms with van der Waals surface area (Å²) >= 11 is 0. The Morgan fingerprint density at radius 2 is 1.43 bits per heavy atom. The molecule has 0 fully saturated rings. The van der Waals surface area contributed by atoms with Crippen LogP contribution in [0.1, 0.15) is 46.2 Å². The third kappa shape index (κ3) is 5.72. The first kappa shape index (κ1) is 23.2. The molecular weight excluding hydrogens is 386 g/mol. The Balaban J connectivity index is 2.62. The van der Waals surface area contributed by atoms with E-state index in [0.717, 1.165) is 5.69 Å². The van der Waals surface area contributed by atoms with E-state index < -0.39 is 35.3 Å². The predicted molar refractivity (Wildman–Crippen MR) is 111 cm³/mol. The van der Waals surface area contributed by atoms with Gasteiger partial charge in [-0.15, -0.1) is 0 Å². The zero-order valence-electron chi connectivity index (χ0n) is 18.1. The van der Waals surface area contributed by atoms with Gasteiger partial charge in [0.1, 0.15) is 11.5 Å². The van der Waals surface area contributed by atoms with Crippen molar-refractivity contribution in [1.82, 2.24) is 4.57 Å². The average Bonchev–Trinajstić information content (AvgIpc) is 3.14. The first-order valence-corrected chi connectivity index (χ1v) is 9.98. The lowest BCUT2D eigenvalue weighted by Crippen LogP contribution is -2.40. The number of aromatic nitrogens is 1. The zero-order chi connectivity index (χ0) is 22.3. The van der Waals surface area contributed by atoms with Crippen molar-refractivity contribution >= 4 is 17.9 Å². The number of esters is 3. The summed E-state index contributed by atoms with van der Waals surface area (Å²) in [6.45, 7) is 8.57. The molecular formula is C23H29NO6. The van der Waals surface area contributed by atoms with E-state index in [1.165, 1.54) is 0 Å². The van der Waals surface area contributed by atoms with Crippen molar-refractivity contribution in [3.63, 3.8) is 0 Å². The molecule has 2 aromatic rings. The van der Waals surface area contributed by atoms with Crippen molar-refractivity contribution in [2.75, 3.05) is 13.2 Å². The highest BCUT2D eigenvalue weighted by atomic mass is 16.6. The van der Waals surface area contributed by atoms with Crippen molar-refractivity contribution in [3.8, 4) is 5.69 Å². The third-order valence-corrected chi connectivity index (χ3v) is 4.21. The first-order valence-electron chi connectivity index (χ1n) is 9.98. The third-order valence-electron chi connectivity index (χ3n) is 4.21. The summed E-state index contributed by atoms with van der Waals surface area (Å²) in [6, 6.07) is 12.7. The first-order chi connectivity index (χ1) is 14.2. The standard InChI is InChI=1S/C23H29NO6/c1-6-28-20(25)19(21(26)29-7-2)18(22(27)30-23(3,4)5)17-14-11-15-24(17)16-12-9-8-10-13-16/h8-15,18-19H,6-7H2,1-5H3/t18-/m0/s1. The van der Waals surface area contributed by atoms with Crippen LogP contribution in [0.4, 0.5) is 0 Å². The molecule has 30 heavy (non-hydrogen) atoms. The molecule has 0 unspecified atom stereocenters. The maximum atomic E-state index is 13.2. The van der Waals surface area contributed by atoms with E-state index in [1.807, 2.05) is 30.3 Å². The molecule has 7 heteroatoms. The second kappa shape index (κ2) is 10.1. The molecule has 1 heterocycles. The van der Waals surface area contributed by atoms with Gasteiger partial charge in [0.05, 0.1) is 13.2 Å². The van der Waals surface area contributed by atoms with Crippen LogP contribution in [0.25, 0.3) is 5.69 Å². The van der Waals surface area contributed by atoms with E-state index in [2.05, 4.69) is 0 Å². The Kier molecular flexibility index (Phi) is 7.80. The topological polar surface area (TPSA) is 83.8 Å². The van der Waals surface area contributed by atoms with Gasteiger partial charge in [-0.2, -0.15) is 0 Å². The summed E-state index contributed by atoms with van der Waals surface area (Å²) in [7, 11) is 0. The largest absolute Gasteiger partial charge is 0.465 e. The summed E-state index contributed by atoms with van der Waals surface area (Å²) in [5, 5.41) is 0. The van der Waals surface area contributed by atoms with Gasteiger partial charge in [-0.05, 0) is 58.9 Å². The number of carbonyl (C=O) groups excluding carboxylic acids is 3. The van der Waals surface area contributed by atoms with E-state index in [-0.39, 0.29) is 13.2 Å². The minimum Gasteiger partial charge on any atom is -0.465 e. The van der Waals surface area contributed by atoms with Gasteiger partial charge in [0.2, 0.25) is 0 Å². The van der Waals surface area contributed by atoms with Crippen molar-refractivity contribution < 1.29 is 28.6 Å². The SMILES string of the molecule is CCOC(=O)C(C(=O)OCC)[C@@H](C(=O)OC(C)(C)C)c1cccn1-c1ccccc1. The van der Waals surface area contributed by atoms with Gasteiger partial charge in [-0.3, -0.25) is 14.4 Å². The number of ether oxygens (including phenoxy) is 3. The van der Waals surface area contributed by atoms with Crippen LogP contribution in [0.2, 0.25) is 0 Å². The Morgan fingerprint density at radius 1 is 0.867 bits per heavy atom. The van der Waals surface area contributed by atoms with Gasteiger partial charge in [-0.1, -0.05) is 18.2 Å². The molecule has 0 N–H and O–H groups in total. The second-order valence-corrected chi connectivity index (χ2v) is 7.63. The number of carbonyl (C=O) groups is 3. The minimum atomic E-state index is -1.49. The molecule has 0 spiro atoms. The van der Waals surface area contributed by atoms with Crippen LogP contribution in [0.5, 0.6) is 0 Å². The Labute approximate surface area is 176 Å². The van der Waals surface area contributed by atoms with Gasteiger partial charge in [0.15, 0.2) is 5.92 Å². The molecule has 0 amide bonds. The molecule has 0 saturated carbocycles.